The third kappa shape index (κ3) is 4.02. The SMILES string of the molecule is CC1(C2CC2)NC(=O)N(c2cccc(NC(=O)NCCCC(=O)O)c2)C1=O. The van der Waals surface area contributed by atoms with E-state index in [0.717, 1.165) is 17.7 Å². The number of hydrogen-bond donors (Lipinski definition) is 4. The molecule has 1 aliphatic heterocycles. The number of carboxylic acids is 1. The van der Waals surface area contributed by atoms with Gasteiger partial charge in [-0.05, 0) is 50.3 Å². The fraction of sp³-hybridized carbons (Fsp3) is 0.444. The number of carbonyl (C=O) groups is 4. The van der Waals surface area contributed by atoms with E-state index in [0.29, 0.717) is 17.8 Å². The van der Waals surface area contributed by atoms with Crippen molar-refractivity contribution < 1.29 is 24.3 Å². The summed E-state index contributed by atoms with van der Waals surface area (Å²) in [6.07, 6.45) is 2.13. The molecule has 1 aromatic carbocycles. The number of rotatable bonds is 7. The van der Waals surface area contributed by atoms with Crippen LogP contribution in [0.1, 0.15) is 32.6 Å². The number of nitrogens with one attached hydrogen (secondary N) is 3. The van der Waals surface area contributed by atoms with Gasteiger partial charge in [0.05, 0.1) is 5.69 Å². The molecule has 9 nitrogen and oxygen atoms in total. The lowest BCUT2D eigenvalue weighted by Crippen LogP contribution is -2.46. The molecule has 0 aromatic heterocycles. The van der Waals surface area contributed by atoms with Crippen LogP contribution < -0.4 is 20.9 Å². The molecule has 0 spiro atoms. The molecule has 144 valence electrons. The van der Waals surface area contributed by atoms with Crippen LogP contribution in [0.15, 0.2) is 24.3 Å². The van der Waals surface area contributed by atoms with E-state index < -0.39 is 23.6 Å². The standard InChI is InChI=1S/C18H22N4O5/c1-18(11-7-8-11)15(25)22(17(27)21-18)13-5-2-4-12(10-13)20-16(26)19-9-3-6-14(23)24/h2,4-5,10-11H,3,6-9H2,1H3,(H,21,27)(H,23,24)(H2,19,20,26). The second kappa shape index (κ2) is 7.26. The Morgan fingerprint density at radius 3 is 2.74 bits per heavy atom. The van der Waals surface area contributed by atoms with E-state index >= 15 is 0 Å². The fourth-order valence-corrected chi connectivity index (χ4v) is 3.17. The summed E-state index contributed by atoms with van der Waals surface area (Å²) in [6, 6.07) is 5.50. The minimum absolute atomic E-state index is 0.0261. The second-order valence-corrected chi connectivity index (χ2v) is 6.98. The predicted octanol–water partition coefficient (Wildman–Crippen LogP) is 1.90. The average Bonchev–Trinajstić information content (AvgIpc) is 3.41. The van der Waals surface area contributed by atoms with Crippen LogP contribution in [0.2, 0.25) is 0 Å². The highest BCUT2D eigenvalue weighted by atomic mass is 16.4. The lowest BCUT2D eigenvalue weighted by atomic mass is 9.96. The first kappa shape index (κ1) is 18.7. The molecule has 1 saturated carbocycles. The van der Waals surface area contributed by atoms with Gasteiger partial charge in [-0.3, -0.25) is 9.59 Å². The van der Waals surface area contributed by atoms with Gasteiger partial charge in [0, 0.05) is 18.7 Å². The monoisotopic (exact) mass is 374 g/mol. The summed E-state index contributed by atoms with van der Waals surface area (Å²) in [7, 11) is 0. The van der Waals surface area contributed by atoms with E-state index in [2.05, 4.69) is 16.0 Å². The molecule has 0 bridgehead atoms. The first-order valence-corrected chi connectivity index (χ1v) is 8.84. The van der Waals surface area contributed by atoms with Gasteiger partial charge < -0.3 is 21.1 Å². The van der Waals surface area contributed by atoms with E-state index in [4.69, 9.17) is 5.11 Å². The van der Waals surface area contributed by atoms with Gasteiger partial charge in [-0.15, -0.1) is 0 Å². The lowest BCUT2D eigenvalue weighted by Gasteiger charge is -2.21. The number of benzene rings is 1. The first-order chi connectivity index (χ1) is 12.8. The minimum Gasteiger partial charge on any atom is -0.481 e. The number of hydrogen-bond acceptors (Lipinski definition) is 4. The zero-order valence-electron chi connectivity index (χ0n) is 14.9. The van der Waals surface area contributed by atoms with Gasteiger partial charge >= 0.3 is 18.0 Å². The molecule has 2 aliphatic rings. The lowest BCUT2D eigenvalue weighted by molar-refractivity contribution is -0.137. The van der Waals surface area contributed by atoms with Crippen LogP contribution in [0, 0.1) is 5.92 Å². The largest absolute Gasteiger partial charge is 0.481 e. The number of aliphatic carboxylic acids is 1. The molecule has 1 heterocycles. The predicted molar refractivity (Wildman–Crippen MR) is 97.5 cm³/mol. The maximum absolute atomic E-state index is 12.8. The Bertz CT molecular complexity index is 792. The highest BCUT2D eigenvalue weighted by molar-refractivity contribution is 6.23. The molecule has 3 rings (SSSR count). The fourth-order valence-electron chi connectivity index (χ4n) is 3.17. The van der Waals surface area contributed by atoms with Crippen molar-refractivity contribution in [2.45, 2.75) is 38.1 Å². The Hall–Kier alpha value is -3.10. The van der Waals surface area contributed by atoms with Gasteiger partial charge in [0.2, 0.25) is 0 Å². The van der Waals surface area contributed by atoms with Crippen molar-refractivity contribution in [3.63, 3.8) is 0 Å². The van der Waals surface area contributed by atoms with Crippen LogP contribution in [0.4, 0.5) is 21.0 Å². The van der Waals surface area contributed by atoms with Gasteiger partial charge in [-0.2, -0.15) is 0 Å². The summed E-state index contributed by atoms with van der Waals surface area (Å²) >= 11 is 0. The van der Waals surface area contributed by atoms with Crippen molar-refractivity contribution in [3.05, 3.63) is 24.3 Å². The summed E-state index contributed by atoms with van der Waals surface area (Å²) in [4.78, 5) is 48.6. The summed E-state index contributed by atoms with van der Waals surface area (Å²) in [5, 5.41) is 16.5. The Morgan fingerprint density at radius 2 is 2.07 bits per heavy atom. The highest BCUT2D eigenvalue weighted by Gasteiger charge is 2.56. The van der Waals surface area contributed by atoms with Gasteiger partial charge in [0.25, 0.3) is 5.91 Å². The Balaban J connectivity index is 1.63. The Kier molecular flexibility index (Phi) is 5.02. The van der Waals surface area contributed by atoms with E-state index in [1.807, 2.05) is 0 Å². The molecule has 1 atom stereocenters. The molecule has 1 saturated heterocycles. The van der Waals surface area contributed by atoms with Crippen LogP contribution in [0.3, 0.4) is 0 Å². The molecule has 2 fully saturated rings. The van der Waals surface area contributed by atoms with E-state index in [9.17, 15) is 19.2 Å². The van der Waals surface area contributed by atoms with Gasteiger partial charge in [0.1, 0.15) is 5.54 Å². The molecule has 5 amide bonds. The summed E-state index contributed by atoms with van der Waals surface area (Å²) < 4.78 is 0. The van der Waals surface area contributed by atoms with E-state index in [1.165, 1.54) is 0 Å². The van der Waals surface area contributed by atoms with E-state index in [-0.39, 0.29) is 24.8 Å². The van der Waals surface area contributed by atoms with Crippen LogP contribution in [-0.2, 0) is 9.59 Å². The van der Waals surface area contributed by atoms with Crippen molar-refractivity contribution in [2.24, 2.45) is 5.92 Å². The third-order valence-corrected chi connectivity index (χ3v) is 4.83. The van der Waals surface area contributed by atoms with Crippen molar-refractivity contribution in [2.75, 3.05) is 16.8 Å². The molecule has 0 radical (unpaired) electrons. The Labute approximate surface area is 156 Å². The third-order valence-electron chi connectivity index (χ3n) is 4.83. The topological polar surface area (TPSA) is 128 Å². The van der Waals surface area contributed by atoms with Gasteiger partial charge in [-0.1, -0.05) is 6.07 Å². The first-order valence-electron chi connectivity index (χ1n) is 8.84. The number of urea groups is 2. The molecular weight excluding hydrogens is 352 g/mol. The normalized spacial score (nSPS) is 21.7. The van der Waals surface area contributed by atoms with Crippen LogP contribution in [0.25, 0.3) is 0 Å². The van der Waals surface area contributed by atoms with E-state index in [1.54, 1.807) is 31.2 Å². The molecule has 1 aromatic rings. The second-order valence-electron chi connectivity index (χ2n) is 6.98. The summed E-state index contributed by atoms with van der Waals surface area (Å²) in [6.45, 7) is 1.97. The smallest absolute Gasteiger partial charge is 0.329 e. The zero-order chi connectivity index (χ0) is 19.6. The van der Waals surface area contributed by atoms with Crippen molar-refractivity contribution in [1.82, 2.24) is 10.6 Å². The molecule has 1 aliphatic carbocycles. The van der Waals surface area contributed by atoms with Gasteiger partial charge in [0.15, 0.2) is 0 Å². The quantitative estimate of drug-likeness (QED) is 0.428. The molecule has 4 N–H and O–H groups in total. The number of imide groups is 1. The van der Waals surface area contributed by atoms with Crippen LogP contribution in [0.5, 0.6) is 0 Å². The number of carboxylic acid groups (broad SMARTS) is 1. The minimum atomic E-state index is -0.920. The highest BCUT2D eigenvalue weighted by Crippen LogP contribution is 2.43. The number of carbonyl (C=O) groups excluding carboxylic acids is 3. The molecule has 9 heteroatoms. The number of nitrogens with zero attached hydrogens (tertiary/aromatic N) is 1. The van der Waals surface area contributed by atoms with Crippen LogP contribution in [-0.4, -0.2) is 41.1 Å². The maximum atomic E-state index is 12.8. The van der Waals surface area contributed by atoms with Gasteiger partial charge in [-0.25, -0.2) is 14.5 Å². The average molecular weight is 374 g/mol. The van der Waals surface area contributed by atoms with Crippen molar-refractivity contribution in [1.29, 1.82) is 0 Å². The van der Waals surface area contributed by atoms with Crippen LogP contribution >= 0.6 is 0 Å². The maximum Gasteiger partial charge on any atom is 0.329 e. The number of anilines is 2. The molecular formula is C18H22N4O5. The molecule has 27 heavy (non-hydrogen) atoms. The zero-order valence-corrected chi connectivity index (χ0v) is 14.9. The molecule has 1 unspecified atom stereocenters. The summed E-state index contributed by atoms with van der Waals surface area (Å²) in [5.41, 5.74) is -0.0726. The summed E-state index contributed by atoms with van der Waals surface area (Å²) in [5.74, 6) is -1.04. The number of amides is 5. The van der Waals surface area contributed by atoms with Crippen molar-refractivity contribution >= 4 is 35.3 Å². The van der Waals surface area contributed by atoms with Crippen molar-refractivity contribution in [3.8, 4) is 0 Å². The Morgan fingerprint density at radius 1 is 1.33 bits per heavy atom.